The lowest BCUT2D eigenvalue weighted by molar-refractivity contribution is 0.146. The lowest BCUT2D eigenvalue weighted by Crippen LogP contribution is -2.00. The molecule has 0 fully saturated rings. The quantitative estimate of drug-likeness (QED) is 0.820. The SMILES string of the molecule is O=C(O)Oc1cc(-c2ccc(Cl)cc2)cs1. The van der Waals surface area contributed by atoms with Crippen molar-refractivity contribution in [1.82, 2.24) is 0 Å². The summed E-state index contributed by atoms with van der Waals surface area (Å²) in [7, 11) is 0. The van der Waals surface area contributed by atoms with Gasteiger partial charge in [0.1, 0.15) is 0 Å². The van der Waals surface area contributed by atoms with Gasteiger partial charge in [-0.05, 0) is 23.3 Å². The van der Waals surface area contributed by atoms with Crippen LogP contribution in [0.1, 0.15) is 0 Å². The molecule has 0 radical (unpaired) electrons. The third-order valence-corrected chi connectivity index (χ3v) is 3.00. The number of hydrogen-bond donors (Lipinski definition) is 1. The first-order valence-electron chi connectivity index (χ1n) is 4.40. The molecule has 3 nitrogen and oxygen atoms in total. The Balaban J connectivity index is 2.24. The van der Waals surface area contributed by atoms with E-state index >= 15 is 0 Å². The van der Waals surface area contributed by atoms with Crippen LogP contribution in [0.5, 0.6) is 5.06 Å². The van der Waals surface area contributed by atoms with Gasteiger partial charge >= 0.3 is 6.16 Å². The molecule has 0 bridgehead atoms. The smallest absolute Gasteiger partial charge is 0.449 e. The molecule has 0 aliphatic heterocycles. The van der Waals surface area contributed by atoms with E-state index < -0.39 is 6.16 Å². The molecule has 0 saturated carbocycles. The summed E-state index contributed by atoms with van der Waals surface area (Å²) in [6.45, 7) is 0. The summed E-state index contributed by atoms with van der Waals surface area (Å²) in [5.74, 6) is 0. The average Bonchev–Trinajstić information content (AvgIpc) is 2.66. The van der Waals surface area contributed by atoms with Crippen molar-refractivity contribution in [2.45, 2.75) is 0 Å². The van der Waals surface area contributed by atoms with Gasteiger partial charge < -0.3 is 9.84 Å². The first kappa shape index (κ1) is 11.0. The predicted octanol–water partition coefficient (Wildman–Crippen LogP) is 4.13. The summed E-state index contributed by atoms with van der Waals surface area (Å²) in [5.41, 5.74) is 1.89. The van der Waals surface area contributed by atoms with Gasteiger partial charge in [-0.2, -0.15) is 0 Å². The molecule has 2 aromatic rings. The Labute approximate surface area is 101 Å². The van der Waals surface area contributed by atoms with Crippen LogP contribution in [0.4, 0.5) is 4.79 Å². The van der Waals surface area contributed by atoms with Crippen LogP contribution in [0, 0.1) is 0 Å². The molecular weight excluding hydrogens is 248 g/mol. The van der Waals surface area contributed by atoms with E-state index in [0.717, 1.165) is 11.1 Å². The molecule has 0 spiro atoms. The van der Waals surface area contributed by atoms with E-state index in [0.29, 0.717) is 10.1 Å². The highest BCUT2D eigenvalue weighted by molar-refractivity contribution is 7.12. The third kappa shape index (κ3) is 2.53. The standard InChI is InChI=1S/C11H7ClO3S/c12-9-3-1-7(2-4-9)8-5-10(16-6-8)15-11(13)14/h1-6H,(H,13,14). The van der Waals surface area contributed by atoms with Crippen LogP contribution in [-0.4, -0.2) is 11.3 Å². The normalized spacial score (nSPS) is 10.1. The van der Waals surface area contributed by atoms with Crippen molar-refractivity contribution in [1.29, 1.82) is 0 Å². The Morgan fingerprint density at radius 1 is 1.25 bits per heavy atom. The Bertz CT molecular complexity index is 504. The van der Waals surface area contributed by atoms with Crippen molar-refractivity contribution in [3.8, 4) is 16.2 Å². The maximum Gasteiger partial charge on any atom is 0.512 e. The van der Waals surface area contributed by atoms with Gasteiger partial charge in [0, 0.05) is 16.5 Å². The topological polar surface area (TPSA) is 46.5 Å². The van der Waals surface area contributed by atoms with Crippen molar-refractivity contribution in [3.05, 3.63) is 40.7 Å². The van der Waals surface area contributed by atoms with Gasteiger partial charge in [-0.25, -0.2) is 4.79 Å². The molecule has 0 saturated heterocycles. The third-order valence-electron chi connectivity index (χ3n) is 1.94. The first-order valence-corrected chi connectivity index (χ1v) is 5.66. The van der Waals surface area contributed by atoms with Crippen molar-refractivity contribution in [2.24, 2.45) is 0 Å². The molecule has 2 rings (SSSR count). The predicted molar refractivity (Wildman–Crippen MR) is 63.4 cm³/mol. The van der Waals surface area contributed by atoms with E-state index in [-0.39, 0.29) is 0 Å². The summed E-state index contributed by atoms with van der Waals surface area (Å²) in [6, 6.07) is 8.99. The second-order valence-corrected chi connectivity index (χ2v) is 4.34. The largest absolute Gasteiger partial charge is 0.512 e. The zero-order valence-corrected chi connectivity index (χ0v) is 9.59. The van der Waals surface area contributed by atoms with E-state index in [1.54, 1.807) is 18.2 Å². The molecule has 5 heteroatoms. The van der Waals surface area contributed by atoms with Crippen molar-refractivity contribution in [3.63, 3.8) is 0 Å². The molecule has 1 aromatic heterocycles. The first-order chi connectivity index (χ1) is 7.65. The Hall–Kier alpha value is -1.52. The van der Waals surface area contributed by atoms with E-state index in [1.165, 1.54) is 11.3 Å². The molecule has 0 atom stereocenters. The summed E-state index contributed by atoms with van der Waals surface area (Å²) >= 11 is 7.01. The number of thiophene rings is 1. The minimum atomic E-state index is -1.30. The van der Waals surface area contributed by atoms with Crippen LogP contribution in [0.15, 0.2) is 35.7 Å². The van der Waals surface area contributed by atoms with Crippen LogP contribution in [-0.2, 0) is 0 Å². The van der Waals surface area contributed by atoms with Crippen LogP contribution in [0.3, 0.4) is 0 Å². The van der Waals surface area contributed by atoms with Crippen molar-refractivity contribution < 1.29 is 14.6 Å². The highest BCUT2D eigenvalue weighted by Crippen LogP contribution is 2.31. The van der Waals surface area contributed by atoms with Crippen LogP contribution in [0.25, 0.3) is 11.1 Å². The maximum absolute atomic E-state index is 10.3. The summed E-state index contributed by atoms with van der Waals surface area (Å²) in [6.07, 6.45) is -1.30. The van der Waals surface area contributed by atoms with Crippen molar-refractivity contribution in [2.75, 3.05) is 0 Å². The number of carboxylic acid groups (broad SMARTS) is 1. The van der Waals surface area contributed by atoms with Crippen molar-refractivity contribution >= 4 is 29.1 Å². The van der Waals surface area contributed by atoms with Gasteiger partial charge in [-0.3, -0.25) is 0 Å². The molecule has 82 valence electrons. The van der Waals surface area contributed by atoms with Gasteiger partial charge in [0.15, 0.2) is 5.06 Å². The zero-order valence-electron chi connectivity index (χ0n) is 8.01. The molecule has 0 aliphatic carbocycles. The fourth-order valence-corrected chi connectivity index (χ4v) is 2.14. The van der Waals surface area contributed by atoms with Gasteiger partial charge in [0.25, 0.3) is 0 Å². The highest BCUT2D eigenvalue weighted by Gasteiger charge is 2.06. The molecule has 0 unspecified atom stereocenters. The lowest BCUT2D eigenvalue weighted by atomic mass is 10.1. The van der Waals surface area contributed by atoms with E-state index in [9.17, 15) is 4.79 Å². The van der Waals surface area contributed by atoms with Crippen LogP contribution < -0.4 is 4.74 Å². The number of benzene rings is 1. The average molecular weight is 255 g/mol. The van der Waals surface area contributed by atoms with E-state index in [1.807, 2.05) is 17.5 Å². The van der Waals surface area contributed by atoms with Crippen LogP contribution >= 0.6 is 22.9 Å². The van der Waals surface area contributed by atoms with E-state index in [4.69, 9.17) is 16.7 Å². The number of carbonyl (C=O) groups is 1. The van der Waals surface area contributed by atoms with Crippen LogP contribution in [0.2, 0.25) is 5.02 Å². The minimum absolute atomic E-state index is 0.359. The fraction of sp³-hybridized carbons (Fsp3) is 0. The minimum Gasteiger partial charge on any atom is -0.449 e. The number of halogens is 1. The summed E-state index contributed by atoms with van der Waals surface area (Å²) in [5, 5.41) is 11.3. The maximum atomic E-state index is 10.3. The molecule has 1 aromatic carbocycles. The summed E-state index contributed by atoms with van der Waals surface area (Å²) in [4.78, 5) is 10.3. The zero-order chi connectivity index (χ0) is 11.5. The van der Waals surface area contributed by atoms with Gasteiger partial charge in [0.05, 0.1) is 0 Å². The molecule has 1 heterocycles. The molecule has 1 N–H and O–H groups in total. The number of rotatable bonds is 2. The second kappa shape index (κ2) is 4.55. The Kier molecular flexibility index (Phi) is 3.12. The second-order valence-electron chi connectivity index (χ2n) is 3.03. The van der Waals surface area contributed by atoms with Gasteiger partial charge in [-0.1, -0.05) is 23.7 Å². The fourth-order valence-electron chi connectivity index (χ4n) is 1.25. The summed E-state index contributed by atoms with van der Waals surface area (Å²) < 4.78 is 4.55. The monoisotopic (exact) mass is 254 g/mol. The Morgan fingerprint density at radius 2 is 1.94 bits per heavy atom. The molecular formula is C11H7ClO3S. The lowest BCUT2D eigenvalue weighted by Gasteiger charge is -1.96. The number of ether oxygens (including phenoxy) is 1. The van der Waals surface area contributed by atoms with E-state index in [2.05, 4.69) is 4.74 Å². The number of hydrogen-bond acceptors (Lipinski definition) is 3. The molecule has 16 heavy (non-hydrogen) atoms. The highest BCUT2D eigenvalue weighted by atomic mass is 35.5. The van der Waals surface area contributed by atoms with Gasteiger partial charge in [0.2, 0.25) is 0 Å². The van der Waals surface area contributed by atoms with Gasteiger partial charge in [-0.15, -0.1) is 11.3 Å². The molecule has 0 amide bonds. The Morgan fingerprint density at radius 3 is 2.56 bits per heavy atom. The molecule has 0 aliphatic rings.